The number of carbonyl (C=O) groups is 1. The topological polar surface area (TPSA) is 43.1 Å². The highest BCUT2D eigenvalue weighted by Gasteiger charge is 2.17. The molecule has 0 atom stereocenters. The van der Waals surface area contributed by atoms with Gasteiger partial charge in [0.1, 0.15) is 5.52 Å². The fourth-order valence-electron chi connectivity index (χ4n) is 2.47. The summed E-state index contributed by atoms with van der Waals surface area (Å²) in [5.74, 6) is -0.0663. The Balaban J connectivity index is 1.91. The zero-order chi connectivity index (χ0) is 14.2. The minimum Gasteiger partial charge on any atom is -0.433 e. The van der Waals surface area contributed by atoms with Crippen molar-refractivity contribution >= 4 is 27.7 Å². The first-order valence-corrected chi connectivity index (χ1v) is 6.71. The smallest absolute Gasteiger partial charge is 0.269 e. The molecule has 0 aliphatic carbocycles. The Bertz CT molecular complexity index is 955. The number of hydrogen-bond acceptors (Lipinski definition) is 3. The van der Waals surface area contributed by atoms with Gasteiger partial charge >= 0.3 is 0 Å². The summed E-state index contributed by atoms with van der Waals surface area (Å²) in [6, 6.07) is 20.8. The molecule has 0 fully saturated rings. The zero-order valence-corrected chi connectivity index (χ0v) is 11.1. The molecule has 0 aliphatic rings. The molecule has 0 spiro atoms. The summed E-state index contributed by atoms with van der Waals surface area (Å²) in [6.45, 7) is 0. The number of fused-ring (bicyclic) bond motifs is 3. The molecule has 0 N–H and O–H groups in total. The summed E-state index contributed by atoms with van der Waals surface area (Å²) in [4.78, 5) is 16.8. The van der Waals surface area contributed by atoms with Gasteiger partial charge in [-0.25, -0.2) is 4.98 Å². The van der Waals surface area contributed by atoms with Crippen LogP contribution in [-0.4, -0.2) is 10.8 Å². The predicted molar refractivity (Wildman–Crippen MR) is 81.4 cm³/mol. The number of hydrogen-bond donors (Lipinski definition) is 0. The second-order valence-corrected chi connectivity index (χ2v) is 4.85. The van der Waals surface area contributed by atoms with Crippen LogP contribution in [0.25, 0.3) is 21.9 Å². The minimum absolute atomic E-state index is 0.132. The maximum Gasteiger partial charge on any atom is 0.269 e. The zero-order valence-electron chi connectivity index (χ0n) is 11.1. The number of nitrogens with zero attached hydrogens (tertiary/aromatic N) is 1. The van der Waals surface area contributed by atoms with Crippen molar-refractivity contribution in [2.24, 2.45) is 0 Å². The molecular formula is C18H11NO2. The van der Waals surface area contributed by atoms with Crippen LogP contribution >= 0.6 is 0 Å². The third kappa shape index (κ3) is 1.91. The van der Waals surface area contributed by atoms with E-state index in [1.54, 1.807) is 12.1 Å². The van der Waals surface area contributed by atoms with E-state index >= 15 is 0 Å². The van der Waals surface area contributed by atoms with Crippen LogP contribution < -0.4 is 0 Å². The van der Waals surface area contributed by atoms with Gasteiger partial charge in [0.05, 0.1) is 0 Å². The van der Waals surface area contributed by atoms with E-state index in [1.807, 2.05) is 54.6 Å². The van der Waals surface area contributed by atoms with Crippen molar-refractivity contribution in [3.63, 3.8) is 0 Å². The standard InChI is InChI=1S/C18H11NO2/c20-17(13-7-2-1-3-8-13)18-19-16-14-9-5-4-6-12(14)10-11-15(16)21-18/h1-11H. The highest BCUT2D eigenvalue weighted by molar-refractivity contribution is 6.09. The summed E-state index contributed by atoms with van der Waals surface area (Å²) in [7, 11) is 0. The van der Waals surface area contributed by atoms with Crippen molar-refractivity contribution in [3.8, 4) is 0 Å². The van der Waals surface area contributed by atoms with Crippen LogP contribution in [0.15, 0.2) is 71.1 Å². The monoisotopic (exact) mass is 273 g/mol. The first-order valence-electron chi connectivity index (χ1n) is 6.71. The Morgan fingerprint density at radius 3 is 2.48 bits per heavy atom. The SMILES string of the molecule is O=C(c1ccccc1)c1nc2c(ccc3ccccc32)o1. The van der Waals surface area contributed by atoms with Crippen molar-refractivity contribution in [3.05, 3.63) is 78.2 Å². The number of rotatable bonds is 2. The van der Waals surface area contributed by atoms with E-state index in [0.717, 1.165) is 16.3 Å². The normalized spacial score (nSPS) is 11.0. The Hall–Kier alpha value is -2.94. The Morgan fingerprint density at radius 1 is 0.857 bits per heavy atom. The van der Waals surface area contributed by atoms with Gasteiger partial charge in [0.15, 0.2) is 5.58 Å². The molecule has 0 amide bonds. The average molecular weight is 273 g/mol. The van der Waals surface area contributed by atoms with Gasteiger partial charge in [-0.15, -0.1) is 0 Å². The minimum atomic E-state index is -0.198. The third-order valence-electron chi connectivity index (χ3n) is 3.51. The fourth-order valence-corrected chi connectivity index (χ4v) is 2.47. The molecule has 0 bridgehead atoms. The Kier molecular flexibility index (Phi) is 2.57. The van der Waals surface area contributed by atoms with E-state index in [0.29, 0.717) is 11.1 Å². The van der Waals surface area contributed by atoms with Gasteiger partial charge in [-0.05, 0) is 11.5 Å². The van der Waals surface area contributed by atoms with E-state index in [-0.39, 0.29) is 11.7 Å². The van der Waals surface area contributed by atoms with Crippen LogP contribution in [0.1, 0.15) is 16.2 Å². The summed E-state index contributed by atoms with van der Waals surface area (Å²) in [5.41, 5.74) is 1.94. The highest BCUT2D eigenvalue weighted by atomic mass is 16.4. The van der Waals surface area contributed by atoms with Gasteiger partial charge in [0.25, 0.3) is 5.89 Å². The maximum absolute atomic E-state index is 12.4. The molecular weight excluding hydrogens is 262 g/mol. The Labute approximate surface area is 120 Å². The lowest BCUT2D eigenvalue weighted by Crippen LogP contribution is -2.00. The largest absolute Gasteiger partial charge is 0.433 e. The second kappa shape index (κ2) is 4.56. The summed E-state index contributed by atoms with van der Waals surface area (Å²) >= 11 is 0. The second-order valence-electron chi connectivity index (χ2n) is 4.85. The van der Waals surface area contributed by atoms with Crippen molar-refractivity contribution in [1.29, 1.82) is 0 Å². The van der Waals surface area contributed by atoms with Gasteiger partial charge in [-0.2, -0.15) is 0 Å². The molecule has 100 valence electrons. The molecule has 0 aliphatic heterocycles. The van der Waals surface area contributed by atoms with Crippen LogP contribution in [0.3, 0.4) is 0 Å². The third-order valence-corrected chi connectivity index (χ3v) is 3.51. The van der Waals surface area contributed by atoms with Gasteiger partial charge < -0.3 is 4.42 Å². The summed E-state index contributed by atoms with van der Waals surface area (Å²) in [5, 5.41) is 2.07. The number of ketones is 1. The number of benzene rings is 3. The van der Waals surface area contributed by atoms with Crippen molar-refractivity contribution < 1.29 is 9.21 Å². The van der Waals surface area contributed by atoms with Gasteiger partial charge in [-0.3, -0.25) is 4.79 Å². The maximum atomic E-state index is 12.4. The van der Waals surface area contributed by atoms with E-state index in [2.05, 4.69) is 4.98 Å². The Morgan fingerprint density at radius 2 is 1.62 bits per heavy atom. The van der Waals surface area contributed by atoms with Gasteiger partial charge in [0, 0.05) is 10.9 Å². The van der Waals surface area contributed by atoms with Crippen LogP contribution in [0.2, 0.25) is 0 Å². The molecule has 0 unspecified atom stereocenters. The highest BCUT2D eigenvalue weighted by Crippen LogP contribution is 2.26. The molecule has 0 radical (unpaired) electrons. The van der Waals surface area contributed by atoms with Crippen LogP contribution in [0, 0.1) is 0 Å². The van der Waals surface area contributed by atoms with Gasteiger partial charge in [-0.1, -0.05) is 60.7 Å². The fraction of sp³-hybridized carbons (Fsp3) is 0. The molecule has 0 saturated carbocycles. The van der Waals surface area contributed by atoms with Crippen molar-refractivity contribution in [2.75, 3.05) is 0 Å². The van der Waals surface area contributed by atoms with E-state index in [1.165, 1.54) is 0 Å². The quantitative estimate of drug-likeness (QED) is 0.514. The van der Waals surface area contributed by atoms with Crippen LogP contribution in [0.5, 0.6) is 0 Å². The first kappa shape index (κ1) is 11.9. The van der Waals surface area contributed by atoms with Crippen molar-refractivity contribution in [2.45, 2.75) is 0 Å². The molecule has 3 heteroatoms. The molecule has 21 heavy (non-hydrogen) atoms. The van der Waals surface area contributed by atoms with Crippen LogP contribution in [-0.2, 0) is 0 Å². The molecule has 4 rings (SSSR count). The van der Waals surface area contributed by atoms with Crippen molar-refractivity contribution in [1.82, 2.24) is 4.98 Å². The van der Waals surface area contributed by atoms with E-state index in [4.69, 9.17) is 4.42 Å². The molecule has 3 aromatic carbocycles. The summed E-state index contributed by atoms with van der Waals surface area (Å²) < 4.78 is 5.63. The molecule has 4 aromatic rings. The van der Waals surface area contributed by atoms with Crippen LogP contribution in [0.4, 0.5) is 0 Å². The van der Waals surface area contributed by atoms with Gasteiger partial charge in [0.2, 0.25) is 5.78 Å². The lowest BCUT2D eigenvalue weighted by Gasteiger charge is -1.95. The number of oxazole rings is 1. The molecule has 1 heterocycles. The lowest BCUT2D eigenvalue weighted by molar-refractivity contribution is 0.100. The average Bonchev–Trinajstić information content (AvgIpc) is 2.99. The predicted octanol–water partition coefficient (Wildman–Crippen LogP) is 4.21. The number of carbonyl (C=O) groups excluding carboxylic acids is 1. The van der Waals surface area contributed by atoms with E-state index in [9.17, 15) is 4.79 Å². The molecule has 0 saturated heterocycles. The molecule has 3 nitrogen and oxygen atoms in total. The summed E-state index contributed by atoms with van der Waals surface area (Å²) in [6.07, 6.45) is 0. The van der Waals surface area contributed by atoms with E-state index < -0.39 is 0 Å². The lowest BCUT2D eigenvalue weighted by atomic mass is 10.1. The molecule has 1 aromatic heterocycles. The first-order chi connectivity index (χ1) is 10.3. The number of aromatic nitrogens is 1.